The van der Waals surface area contributed by atoms with Crippen LogP contribution in [-0.4, -0.2) is 27.6 Å². The molecule has 0 unspecified atom stereocenters. The number of rotatable bonds is 5. The molecular formula is C12H13F3N4O2S. The van der Waals surface area contributed by atoms with Crippen LogP contribution in [0.15, 0.2) is 4.52 Å². The quantitative estimate of drug-likeness (QED) is 0.905. The third-order valence-electron chi connectivity index (χ3n) is 2.70. The van der Waals surface area contributed by atoms with Crippen molar-refractivity contribution < 1.29 is 22.5 Å². The van der Waals surface area contributed by atoms with Crippen molar-refractivity contribution in [2.45, 2.75) is 32.9 Å². The second-order valence-electron chi connectivity index (χ2n) is 4.53. The second kappa shape index (κ2) is 6.42. The van der Waals surface area contributed by atoms with E-state index in [1.54, 1.807) is 0 Å². The zero-order valence-corrected chi connectivity index (χ0v) is 12.6. The molecule has 6 nitrogen and oxygen atoms in total. The molecule has 0 aliphatic rings. The standard InChI is InChI=1S/C12H13F3N4O2S/c1-6-8(22-7(2)17-6)5-10(20)16-4-3-9-18-11(21-19-9)12(13,14)15/h3-5H2,1-2H3,(H,16,20). The van der Waals surface area contributed by atoms with Crippen LogP contribution in [-0.2, 0) is 23.8 Å². The van der Waals surface area contributed by atoms with Crippen LogP contribution in [0.1, 0.15) is 27.3 Å². The number of nitrogens with one attached hydrogen (secondary N) is 1. The van der Waals surface area contributed by atoms with Crippen molar-refractivity contribution in [1.29, 1.82) is 0 Å². The van der Waals surface area contributed by atoms with Crippen LogP contribution in [0.4, 0.5) is 13.2 Å². The summed E-state index contributed by atoms with van der Waals surface area (Å²) in [7, 11) is 0. The van der Waals surface area contributed by atoms with Crippen molar-refractivity contribution in [3.63, 3.8) is 0 Å². The van der Waals surface area contributed by atoms with Gasteiger partial charge in [0.15, 0.2) is 5.82 Å². The van der Waals surface area contributed by atoms with Crippen LogP contribution >= 0.6 is 11.3 Å². The number of thiazole rings is 1. The van der Waals surface area contributed by atoms with Gasteiger partial charge in [-0.25, -0.2) is 4.98 Å². The summed E-state index contributed by atoms with van der Waals surface area (Å²) in [4.78, 5) is 20.1. The molecule has 0 saturated carbocycles. The number of nitrogens with zero attached hydrogens (tertiary/aromatic N) is 3. The molecule has 0 fully saturated rings. The molecule has 1 amide bonds. The van der Waals surface area contributed by atoms with Gasteiger partial charge in [-0.2, -0.15) is 18.2 Å². The second-order valence-corrected chi connectivity index (χ2v) is 5.82. The predicted molar refractivity (Wildman–Crippen MR) is 71.3 cm³/mol. The maximum atomic E-state index is 12.3. The number of amides is 1. The fourth-order valence-corrected chi connectivity index (χ4v) is 2.67. The third-order valence-corrected chi connectivity index (χ3v) is 3.77. The lowest BCUT2D eigenvalue weighted by atomic mass is 10.3. The average Bonchev–Trinajstić information content (AvgIpc) is 2.97. The molecule has 2 heterocycles. The van der Waals surface area contributed by atoms with Gasteiger partial charge in [-0.1, -0.05) is 5.16 Å². The topological polar surface area (TPSA) is 80.9 Å². The van der Waals surface area contributed by atoms with E-state index >= 15 is 0 Å². The number of aromatic nitrogens is 3. The van der Waals surface area contributed by atoms with E-state index < -0.39 is 12.1 Å². The Morgan fingerprint density at radius 2 is 2.05 bits per heavy atom. The Morgan fingerprint density at radius 1 is 1.32 bits per heavy atom. The Kier molecular flexibility index (Phi) is 4.79. The molecule has 0 aliphatic heterocycles. The molecule has 0 spiro atoms. The Labute approximate surface area is 127 Å². The maximum Gasteiger partial charge on any atom is 0.471 e. The van der Waals surface area contributed by atoms with E-state index in [1.165, 1.54) is 11.3 Å². The summed E-state index contributed by atoms with van der Waals surface area (Å²) in [5.41, 5.74) is 0.811. The first-order valence-corrected chi connectivity index (χ1v) is 7.16. The highest BCUT2D eigenvalue weighted by molar-refractivity contribution is 7.11. The van der Waals surface area contributed by atoms with Crippen molar-refractivity contribution in [2.24, 2.45) is 0 Å². The van der Waals surface area contributed by atoms with E-state index in [0.717, 1.165) is 15.6 Å². The van der Waals surface area contributed by atoms with E-state index in [-0.39, 0.29) is 31.1 Å². The Bertz CT molecular complexity index is 666. The van der Waals surface area contributed by atoms with Gasteiger partial charge in [0.2, 0.25) is 5.91 Å². The first-order chi connectivity index (χ1) is 10.3. The normalized spacial score (nSPS) is 11.7. The zero-order valence-electron chi connectivity index (χ0n) is 11.8. The zero-order chi connectivity index (χ0) is 16.3. The Hall–Kier alpha value is -1.97. The van der Waals surface area contributed by atoms with Crippen molar-refractivity contribution in [1.82, 2.24) is 20.4 Å². The van der Waals surface area contributed by atoms with Crippen molar-refractivity contribution in [3.8, 4) is 0 Å². The van der Waals surface area contributed by atoms with Gasteiger partial charge in [0.25, 0.3) is 0 Å². The van der Waals surface area contributed by atoms with Crippen molar-refractivity contribution in [2.75, 3.05) is 6.54 Å². The van der Waals surface area contributed by atoms with Crippen LogP contribution < -0.4 is 5.32 Å². The molecule has 0 bridgehead atoms. The molecule has 0 radical (unpaired) electrons. The van der Waals surface area contributed by atoms with Gasteiger partial charge in [0.05, 0.1) is 17.1 Å². The molecule has 0 atom stereocenters. The summed E-state index contributed by atoms with van der Waals surface area (Å²) in [6.45, 7) is 3.81. The largest absolute Gasteiger partial charge is 0.471 e. The third kappa shape index (κ3) is 4.26. The van der Waals surface area contributed by atoms with Gasteiger partial charge in [-0.05, 0) is 13.8 Å². The van der Waals surface area contributed by atoms with E-state index in [1.807, 2.05) is 13.8 Å². The maximum absolute atomic E-state index is 12.3. The number of aryl methyl sites for hydroxylation is 2. The summed E-state index contributed by atoms with van der Waals surface area (Å²) in [6.07, 6.45) is -4.40. The predicted octanol–water partition coefficient (Wildman–Crippen LogP) is 2.06. The summed E-state index contributed by atoms with van der Waals surface area (Å²) in [6, 6.07) is 0. The van der Waals surface area contributed by atoms with Crippen LogP contribution in [0.5, 0.6) is 0 Å². The van der Waals surface area contributed by atoms with Gasteiger partial charge in [-0.15, -0.1) is 11.3 Å². The van der Waals surface area contributed by atoms with Crippen LogP contribution in [0, 0.1) is 13.8 Å². The number of halogens is 3. The smallest absolute Gasteiger partial charge is 0.355 e. The number of alkyl halides is 3. The molecule has 2 aromatic heterocycles. The lowest BCUT2D eigenvalue weighted by Gasteiger charge is -2.02. The molecular weight excluding hydrogens is 321 g/mol. The molecule has 0 aliphatic carbocycles. The molecule has 22 heavy (non-hydrogen) atoms. The van der Waals surface area contributed by atoms with E-state index in [4.69, 9.17) is 0 Å². The van der Waals surface area contributed by atoms with Crippen LogP contribution in [0.25, 0.3) is 0 Å². The minimum atomic E-state index is -4.66. The minimum Gasteiger partial charge on any atom is -0.355 e. The Balaban J connectivity index is 1.80. The summed E-state index contributed by atoms with van der Waals surface area (Å²) >= 11 is 1.44. The molecule has 120 valence electrons. The molecule has 1 N–H and O–H groups in total. The monoisotopic (exact) mass is 334 g/mol. The lowest BCUT2D eigenvalue weighted by Crippen LogP contribution is -2.27. The van der Waals surface area contributed by atoms with Gasteiger partial charge >= 0.3 is 12.1 Å². The SMILES string of the molecule is Cc1nc(C)c(CC(=O)NCCc2noc(C(F)(F)F)n2)s1. The minimum absolute atomic E-state index is 0.0615. The number of hydrogen-bond acceptors (Lipinski definition) is 6. The van der Waals surface area contributed by atoms with Crippen molar-refractivity contribution in [3.05, 3.63) is 27.3 Å². The first kappa shape index (κ1) is 16.4. The van der Waals surface area contributed by atoms with Gasteiger partial charge < -0.3 is 9.84 Å². The summed E-state index contributed by atoms with van der Waals surface area (Å²) < 4.78 is 40.9. The summed E-state index contributed by atoms with van der Waals surface area (Å²) in [5.74, 6) is -1.71. The molecule has 2 aromatic rings. The first-order valence-electron chi connectivity index (χ1n) is 6.35. The van der Waals surface area contributed by atoms with Crippen molar-refractivity contribution >= 4 is 17.2 Å². The van der Waals surface area contributed by atoms with Crippen LogP contribution in [0.3, 0.4) is 0 Å². The molecule has 2 rings (SSSR count). The fraction of sp³-hybridized carbons (Fsp3) is 0.500. The summed E-state index contributed by atoms with van der Waals surface area (Å²) in [5, 5.41) is 6.70. The number of hydrogen-bond donors (Lipinski definition) is 1. The lowest BCUT2D eigenvalue weighted by molar-refractivity contribution is -0.159. The van der Waals surface area contributed by atoms with Gasteiger partial charge in [0, 0.05) is 17.8 Å². The highest BCUT2D eigenvalue weighted by Gasteiger charge is 2.38. The van der Waals surface area contributed by atoms with E-state index in [2.05, 4.69) is 25.0 Å². The molecule has 0 aromatic carbocycles. The molecule has 10 heteroatoms. The van der Waals surface area contributed by atoms with E-state index in [9.17, 15) is 18.0 Å². The Morgan fingerprint density at radius 3 is 2.59 bits per heavy atom. The van der Waals surface area contributed by atoms with Gasteiger partial charge in [-0.3, -0.25) is 4.79 Å². The molecule has 0 saturated heterocycles. The average molecular weight is 334 g/mol. The van der Waals surface area contributed by atoms with Crippen LogP contribution in [0.2, 0.25) is 0 Å². The highest BCUT2D eigenvalue weighted by atomic mass is 32.1. The fourth-order valence-electron chi connectivity index (χ4n) is 1.73. The van der Waals surface area contributed by atoms with E-state index in [0.29, 0.717) is 0 Å². The van der Waals surface area contributed by atoms with Gasteiger partial charge in [0.1, 0.15) is 0 Å². The number of carbonyl (C=O) groups excluding carboxylic acids is 1. The highest BCUT2D eigenvalue weighted by Crippen LogP contribution is 2.27. The number of carbonyl (C=O) groups is 1.